The van der Waals surface area contributed by atoms with Crippen LogP contribution in [0.2, 0.25) is 0 Å². The van der Waals surface area contributed by atoms with E-state index in [9.17, 15) is 0 Å². The van der Waals surface area contributed by atoms with E-state index in [-0.39, 0.29) is 0 Å². The van der Waals surface area contributed by atoms with Crippen molar-refractivity contribution in [3.05, 3.63) is 47.6 Å². The van der Waals surface area contributed by atoms with Gasteiger partial charge in [0.25, 0.3) is 0 Å². The zero-order valence-electron chi connectivity index (χ0n) is 14.3. The number of aromatic nitrogens is 2. The largest absolute Gasteiger partial charge is 0.354 e. The summed E-state index contributed by atoms with van der Waals surface area (Å²) in [5.41, 5.74) is 1.46. The lowest BCUT2D eigenvalue weighted by Crippen LogP contribution is -2.44. The van der Waals surface area contributed by atoms with E-state index in [0.717, 1.165) is 18.8 Å². The summed E-state index contributed by atoms with van der Waals surface area (Å²) in [5.74, 6) is 2.69. The Balaban J connectivity index is 1.46. The van der Waals surface area contributed by atoms with Crippen molar-refractivity contribution in [3.8, 4) is 0 Å². The molecule has 128 valence electrons. The zero-order chi connectivity index (χ0) is 16.8. The average Bonchev–Trinajstić information content (AvgIpc) is 3.05. The minimum absolute atomic E-state index is 0.461. The van der Waals surface area contributed by atoms with Crippen molar-refractivity contribution in [2.45, 2.75) is 51.1 Å². The van der Waals surface area contributed by atoms with Gasteiger partial charge < -0.3 is 15.2 Å². The van der Waals surface area contributed by atoms with Gasteiger partial charge >= 0.3 is 0 Å². The molecule has 0 spiro atoms. The van der Waals surface area contributed by atoms with Crippen molar-refractivity contribution in [2.24, 2.45) is 4.99 Å². The van der Waals surface area contributed by atoms with Gasteiger partial charge in [0.2, 0.25) is 5.89 Å². The topological polar surface area (TPSA) is 75.3 Å². The summed E-state index contributed by atoms with van der Waals surface area (Å²) in [6, 6.07) is 11.3. The fraction of sp³-hybridized carbons (Fsp3) is 0.500. The number of guanidine groups is 1. The predicted octanol–water partition coefficient (Wildman–Crippen LogP) is 2.77. The fourth-order valence-electron chi connectivity index (χ4n) is 3.26. The van der Waals surface area contributed by atoms with Gasteiger partial charge in [-0.3, -0.25) is 4.99 Å². The van der Waals surface area contributed by atoms with Gasteiger partial charge in [0.05, 0.1) is 6.54 Å². The van der Waals surface area contributed by atoms with E-state index in [0.29, 0.717) is 30.2 Å². The number of rotatable bonds is 4. The second-order valence-electron chi connectivity index (χ2n) is 6.26. The Morgan fingerprint density at radius 1 is 1.21 bits per heavy atom. The molecule has 1 heterocycles. The van der Waals surface area contributed by atoms with Crippen LogP contribution in [-0.2, 0) is 6.54 Å². The lowest BCUT2D eigenvalue weighted by atomic mass is 9.82. The third-order valence-corrected chi connectivity index (χ3v) is 4.55. The Hall–Kier alpha value is -2.37. The molecular formula is C18H25N5O. The van der Waals surface area contributed by atoms with E-state index < -0.39 is 0 Å². The summed E-state index contributed by atoms with van der Waals surface area (Å²) in [7, 11) is 1.78. The van der Waals surface area contributed by atoms with Crippen LogP contribution in [0.25, 0.3) is 0 Å². The first-order valence-electron chi connectivity index (χ1n) is 8.56. The van der Waals surface area contributed by atoms with Crippen molar-refractivity contribution >= 4 is 5.96 Å². The van der Waals surface area contributed by atoms with E-state index >= 15 is 0 Å². The number of nitrogens with zero attached hydrogens (tertiary/aromatic N) is 3. The fourth-order valence-corrected chi connectivity index (χ4v) is 3.26. The van der Waals surface area contributed by atoms with Gasteiger partial charge in [-0.15, -0.1) is 0 Å². The highest BCUT2D eigenvalue weighted by Gasteiger charge is 2.22. The Morgan fingerprint density at radius 2 is 1.96 bits per heavy atom. The monoisotopic (exact) mass is 327 g/mol. The van der Waals surface area contributed by atoms with Gasteiger partial charge in [-0.2, -0.15) is 4.98 Å². The van der Waals surface area contributed by atoms with Gasteiger partial charge in [0.1, 0.15) is 0 Å². The smallest absolute Gasteiger partial charge is 0.223 e. The Bertz CT molecular complexity index is 659. The van der Waals surface area contributed by atoms with Gasteiger partial charge in [-0.1, -0.05) is 35.5 Å². The van der Waals surface area contributed by atoms with Crippen molar-refractivity contribution in [3.63, 3.8) is 0 Å². The molecule has 6 heteroatoms. The zero-order valence-corrected chi connectivity index (χ0v) is 14.3. The Kier molecular flexibility index (Phi) is 5.46. The lowest BCUT2D eigenvalue weighted by Gasteiger charge is -2.30. The summed E-state index contributed by atoms with van der Waals surface area (Å²) in [6.45, 7) is 2.30. The Labute approximate surface area is 142 Å². The third-order valence-electron chi connectivity index (χ3n) is 4.55. The van der Waals surface area contributed by atoms with Crippen LogP contribution in [0.1, 0.15) is 48.9 Å². The maximum atomic E-state index is 4.97. The maximum Gasteiger partial charge on any atom is 0.223 e. The first-order chi connectivity index (χ1) is 11.7. The minimum atomic E-state index is 0.461. The van der Waals surface area contributed by atoms with Crippen LogP contribution in [-0.4, -0.2) is 29.2 Å². The SMILES string of the molecule is CN=C(NCc1noc(C)n1)NC1CCC(c2ccccc2)CC1. The third kappa shape index (κ3) is 4.34. The molecule has 1 aromatic carbocycles. The van der Waals surface area contributed by atoms with Crippen LogP contribution in [0.4, 0.5) is 0 Å². The molecule has 2 aromatic rings. The van der Waals surface area contributed by atoms with Crippen molar-refractivity contribution in [1.29, 1.82) is 0 Å². The number of aliphatic imine (C=N–C) groups is 1. The molecule has 0 aliphatic heterocycles. The first kappa shape index (κ1) is 16.5. The molecule has 0 radical (unpaired) electrons. The number of aryl methyl sites for hydroxylation is 1. The molecule has 6 nitrogen and oxygen atoms in total. The van der Waals surface area contributed by atoms with Gasteiger partial charge in [-0.25, -0.2) is 0 Å². The van der Waals surface area contributed by atoms with E-state index in [1.807, 2.05) is 0 Å². The molecule has 1 fully saturated rings. The number of hydrogen-bond donors (Lipinski definition) is 2. The van der Waals surface area contributed by atoms with Crippen LogP contribution in [0.5, 0.6) is 0 Å². The predicted molar refractivity (Wildman–Crippen MR) is 93.8 cm³/mol. The summed E-state index contributed by atoms with van der Waals surface area (Å²) in [4.78, 5) is 8.47. The summed E-state index contributed by atoms with van der Waals surface area (Å²) >= 11 is 0. The molecule has 0 atom stereocenters. The molecule has 0 amide bonds. The molecule has 2 N–H and O–H groups in total. The number of benzene rings is 1. The Morgan fingerprint density at radius 3 is 2.58 bits per heavy atom. The molecule has 1 aliphatic carbocycles. The molecule has 1 aromatic heterocycles. The highest BCUT2D eigenvalue weighted by Crippen LogP contribution is 2.32. The molecule has 0 unspecified atom stereocenters. The molecule has 24 heavy (non-hydrogen) atoms. The van der Waals surface area contributed by atoms with Gasteiger partial charge in [0.15, 0.2) is 11.8 Å². The van der Waals surface area contributed by atoms with E-state index in [1.165, 1.54) is 18.4 Å². The highest BCUT2D eigenvalue weighted by molar-refractivity contribution is 5.79. The summed E-state index contributed by atoms with van der Waals surface area (Å²) in [5, 5.41) is 10.6. The molecule has 0 saturated heterocycles. The van der Waals surface area contributed by atoms with Crippen LogP contribution in [0, 0.1) is 6.92 Å². The maximum absolute atomic E-state index is 4.97. The molecule has 1 saturated carbocycles. The second-order valence-corrected chi connectivity index (χ2v) is 6.26. The molecule has 3 rings (SSSR count). The summed E-state index contributed by atoms with van der Waals surface area (Å²) < 4.78 is 4.97. The number of nitrogens with one attached hydrogen (secondary N) is 2. The normalized spacial score (nSPS) is 21.5. The van der Waals surface area contributed by atoms with E-state index in [2.05, 4.69) is 56.1 Å². The average molecular weight is 327 g/mol. The van der Waals surface area contributed by atoms with Crippen LogP contribution < -0.4 is 10.6 Å². The quantitative estimate of drug-likeness (QED) is 0.667. The molecular weight excluding hydrogens is 302 g/mol. The van der Waals surface area contributed by atoms with Gasteiger partial charge in [-0.05, 0) is 37.2 Å². The van der Waals surface area contributed by atoms with Crippen LogP contribution >= 0.6 is 0 Å². The second kappa shape index (κ2) is 7.95. The van der Waals surface area contributed by atoms with Crippen molar-refractivity contribution in [2.75, 3.05) is 7.05 Å². The highest BCUT2D eigenvalue weighted by atomic mass is 16.5. The van der Waals surface area contributed by atoms with Crippen molar-refractivity contribution in [1.82, 2.24) is 20.8 Å². The first-order valence-corrected chi connectivity index (χ1v) is 8.56. The number of hydrogen-bond acceptors (Lipinski definition) is 4. The van der Waals surface area contributed by atoms with Crippen LogP contribution in [0.15, 0.2) is 39.8 Å². The van der Waals surface area contributed by atoms with E-state index in [4.69, 9.17) is 4.52 Å². The minimum Gasteiger partial charge on any atom is -0.354 e. The standard InChI is InChI=1S/C18H25N5O/c1-13-21-17(23-24-13)12-20-18(19-2)22-16-10-8-15(9-11-16)14-6-4-3-5-7-14/h3-7,15-16H,8-12H2,1-2H3,(H2,19,20,22). The van der Waals surface area contributed by atoms with Gasteiger partial charge in [0, 0.05) is 20.0 Å². The van der Waals surface area contributed by atoms with Crippen molar-refractivity contribution < 1.29 is 4.52 Å². The van der Waals surface area contributed by atoms with Crippen LogP contribution in [0.3, 0.4) is 0 Å². The molecule has 0 bridgehead atoms. The lowest BCUT2D eigenvalue weighted by molar-refractivity contribution is 0.370. The summed E-state index contributed by atoms with van der Waals surface area (Å²) in [6.07, 6.45) is 4.73. The van der Waals surface area contributed by atoms with E-state index in [1.54, 1.807) is 14.0 Å². The molecule has 1 aliphatic rings.